The average Bonchev–Trinajstić information content (AvgIpc) is 2.98. The van der Waals surface area contributed by atoms with Crippen LogP contribution in [-0.2, 0) is 4.79 Å². The summed E-state index contributed by atoms with van der Waals surface area (Å²) in [5.74, 6) is 0.0178. The van der Waals surface area contributed by atoms with E-state index in [1.807, 2.05) is 0 Å². The number of carbonyl (C=O) groups excluding carboxylic acids is 1. The summed E-state index contributed by atoms with van der Waals surface area (Å²) >= 11 is 0. The van der Waals surface area contributed by atoms with Crippen molar-refractivity contribution in [3.05, 3.63) is 0 Å². The normalized spacial score (nSPS) is 25.2. The van der Waals surface area contributed by atoms with Gasteiger partial charge in [-0.3, -0.25) is 4.79 Å². The molecule has 1 amide bonds. The maximum absolute atomic E-state index is 12.2. The molecule has 4 heteroatoms. The first-order chi connectivity index (χ1) is 8.60. The second-order valence-corrected chi connectivity index (χ2v) is 6.23. The molecule has 0 aromatic heterocycles. The maximum atomic E-state index is 12.2. The third kappa shape index (κ3) is 2.86. The molecule has 4 N–H and O–H groups in total. The molecule has 0 bridgehead atoms. The van der Waals surface area contributed by atoms with Gasteiger partial charge in [-0.15, -0.1) is 0 Å². The lowest BCUT2D eigenvalue weighted by Gasteiger charge is -2.31. The Morgan fingerprint density at radius 3 is 2.22 bits per heavy atom. The quantitative estimate of drug-likeness (QED) is 0.692. The Balaban J connectivity index is 1.87. The third-order valence-corrected chi connectivity index (χ3v) is 4.88. The van der Waals surface area contributed by atoms with Crippen molar-refractivity contribution in [2.24, 2.45) is 11.1 Å². The zero-order valence-electron chi connectivity index (χ0n) is 11.2. The van der Waals surface area contributed by atoms with Crippen LogP contribution < -0.4 is 11.1 Å². The van der Waals surface area contributed by atoms with Gasteiger partial charge in [-0.2, -0.15) is 0 Å². The number of hydrogen-bond acceptors (Lipinski definition) is 3. The van der Waals surface area contributed by atoms with Crippen LogP contribution in [-0.4, -0.2) is 29.7 Å². The van der Waals surface area contributed by atoms with Crippen molar-refractivity contribution in [1.29, 1.82) is 0 Å². The second kappa shape index (κ2) is 5.57. The molecule has 0 radical (unpaired) electrons. The van der Waals surface area contributed by atoms with Crippen LogP contribution in [0.25, 0.3) is 0 Å². The molecule has 2 aliphatic carbocycles. The topological polar surface area (TPSA) is 75.4 Å². The van der Waals surface area contributed by atoms with Crippen molar-refractivity contribution in [2.45, 2.75) is 63.3 Å². The second-order valence-electron chi connectivity index (χ2n) is 6.23. The van der Waals surface area contributed by atoms with Gasteiger partial charge < -0.3 is 16.2 Å². The number of nitrogens with one attached hydrogen (secondary N) is 1. The molecule has 104 valence electrons. The van der Waals surface area contributed by atoms with E-state index in [0.29, 0.717) is 6.54 Å². The van der Waals surface area contributed by atoms with E-state index in [-0.39, 0.29) is 17.9 Å². The SMILES string of the molecule is NC1(C(=O)NCC2(CCO)CCCC2)CCCC1. The van der Waals surface area contributed by atoms with Crippen LogP contribution in [0.2, 0.25) is 0 Å². The smallest absolute Gasteiger partial charge is 0.240 e. The molecule has 0 aromatic rings. The fourth-order valence-corrected chi connectivity index (χ4v) is 3.55. The molecule has 18 heavy (non-hydrogen) atoms. The standard InChI is InChI=1S/C14H26N2O2/c15-14(7-3-4-8-14)12(18)16-11-13(9-10-17)5-1-2-6-13/h17H,1-11,15H2,(H,16,18). The van der Waals surface area contributed by atoms with E-state index in [1.54, 1.807) is 0 Å². The van der Waals surface area contributed by atoms with Crippen LogP contribution in [0.15, 0.2) is 0 Å². The molecule has 2 aliphatic rings. The number of hydrogen-bond donors (Lipinski definition) is 3. The summed E-state index contributed by atoms with van der Waals surface area (Å²) < 4.78 is 0. The first-order valence-corrected chi connectivity index (χ1v) is 7.28. The fourth-order valence-electron chi connectivity index (χ4n) is 3.55. The minimum absolute atomic E-state index is 0.0178. The lowest BCUT2D eigenvalue weighted by molar-refractivity contribution is -0.126. The van der Waals surface area contributed by atoms with Gasteiger partial charge in [0.15, 0.2) is 0 Å². The highest BCUT2D eigenvalue weighted by atomic mass is 16.3. The van der Waals surface area contributed by atoms with Gasteiger partial charge in [0, 0.05) is 13.2 Å². The number of rotatable bonds is 5. The van der Waals surface area contributed by atoms with E-state index >= 15 is 0 Å². The summed E-state index contributed by atoms with van der Waals surface area (Å²) in [5, 5.41) is 12.2. The summed E-state index contributed by atoms with van der Waals surface area (Å²) in [5.41, 5.74) is 5.64. The summed E-state index contributed by atoms with van der Waals surface area (Å²) in [7, 11) is 0. The Bertz CT molecular complexity index is 292. The van der Waals surface area contributed by atoms with Crippen molar-refractivity contribution < 1.29 is 9.90 Å². The first-order valence-electron chi connectivity index (χ1n) is 7.28. The van der Waals surface area contributed by atoms with Crippen LogP contribution >= 0.6 is 0 Å². The maximum Gasteiger partial charge on any atom is 0.240 e. The van der Waals surface area contributed by atoms with E-state index in [9.17, 15) is 9.90 Å². The molecule has 0 spiro atoms. The number of nitrogens with two attached hydrogens (primary N) is 1. The van der Waals surface area contributed by atoms with Crippen LogP contribution in [0, 0.1) is 5.41 Å². The molecule has 0 aromatic carbocycles. The average molecular weight is 254 g/mol. The Kier molecular flexibility index (Phi) is 4.28. The molecule has 0 aliphatic heterocycles. The Morgan fingerprint density at radius 1 is 1.11 bits per heavy atom. The molecule has 0 heterocycles. The number of aliphatic hydroxyl groups is 1. The minimum atomic E-state index is -0.626. The van der Waals surface area contributed by atoms with Gasteiger partial charge in [0.1, 0.15) is 0 Å². The van der Waals surface area contributed by atoms with Crippen molar-refractivity contribution in [2.75, 3.05) is 13.2 Å². The monoisotopic (exact) mass is 254 g/mol. The Labute approximate surface area is 109 Å². The third-order valence-electron chi connectivity index (χ3n) is 4.88. The fraction of sp³-hybridized carbons (Fsp3) is 0.929. The van der Waals surface area contributed by atoms with E-state index in [4.69, 9.17) is 5.73 Å². The lowest BCUT2D eigenvalue weighted by atomic mass is 9.82. The summed E-state index contributed by atoms with van der Waals surface area (Å²) in [6, 6.07) is 0. The molecule has 2 saturated carbocycles. The van der Waals surface area contributed by atoms with E-state index in [0.717, 1.165) is 44.9 Å². The van der Waals surface area contributed by atoms with Gasteiger partial charge in [-0.25, -0.2) is 0 Å². The number of carbonyl (C=O) groups is 1. The first kappa shape index (κ1) is 13.8. The summed E-state index contributed by atoms with van der Waals surface area (Å²) in [6.07, 6.45) is 9.20. The number of amides is 1. The van der Waals surface area contributed by atoms with Crippen molar-refractivity contribution >= 4 is 5.91 Å². The molecule has 2 rings (SSSR count). The Hall–Kier alpha value is -0.610. The Morgan fingerprint density at radius 2 is 1.67 bits per heavy atom. The van der Waals surface area contributed by atoms with Gasteiger partial charge >= 0.3 is 0 Å². The summed E-state index contributed by atoms with van der Waals surface area (Å²) in [6.45, 7) is 0.898. The summed E-state index contributed by atoms with van der Waals surface area (Å²) in [4.78, 5) is 12.2. The van der Waals surface area contributed by atoms with Crippen LogP contribution in [0.3, 0.4) is 0 Å². The van der Waals surface area contributed by atoms with Crippen molar-refractivity contribution in [3.8, 4) is 0 Å². The predicted molar refractivity (Wildman–Crippen MR) is 71.0 cm³/mol. The molecule has 0 atom stereocenters. The van der Waals surface area contributed by atoms with Crippen LogP contribution in [0.1, 0.15) is 57.8 Å². The lowest BCUT2D eigenvalue weighted by Crippen LogP contribution is -2.53. The van der Waals surface area contributed by atoms with Crippen molar-refractivity contribution in [1.82, 2.24) is 5.32 Å². The van der Waals surface area contributed by atoms with Gasteiger partial charge in [0.05, 0.1) is 5.54 Å². The highest BCUT2D eigenvalue weighted by Gasteiger charge is 2.39. The van der Waals surface area contributed by atoms with Gasteiger partial charge in [-0.05, 0) is 37.5 Å². The van der Waals surface area contributed by atoms with Crippen LogP contribution in [0.4, 0.5) is 0 Å². The van der Waals surface area contributed by atoms with Gasteiger partial charge in [0.2, 0.25) is 5.91 Å². The van der Waals surface area contributed by atoms with Crippen LogP contribution in [0.5, 0.6) is 0 Å². The van der Waals surface area contributed by atoms with E-state index < -0.39 is 5.54 Å². The zero-order valence-corrected chi connectivity index (χ0v) is 11.2. The molecule has 0 saturated heterocycles. The molecular weight excluding hydrogens is 228 g/mol. The largest absolute Gasteiger partial charge is 0.396 e. The highest BCUT2D eigenvalue weighted by Crippen LogP contribution is 2.40. The predicted octanol–water partition coefficient (Wildman–Crippen LogP) is 1.32. The van der Waals surface area contributed by atoms with E-state index in [2.05, 4.69) is 5.32 Å². The van der Waals surface area contributed by atoms with Gasteiger partial charge in [0.25, 0.3) is 0 Å². The molecular formula is C14H26N2O2. The molecule has 2 fully saturated rings. The van der Waals surface area contributed by atoms with Crippen molar-refractivity contribution in [3.63, 3.8) is 0 Å². The van der Waals surface area contributed by atoms with E-state index in [1.165, 1.54) is 12.8 Å². The highest BCUT2D eigenvalue weighted by molar-refractivity contribution is 5.86. The van der Waals surface area contributed by atoms with Gasteiger partial charge in [-0.1, -0.05) is 25.7 Å². The molecule has 0 unspecified atom stereocenters. The molecule has 4 nitrogen and oxygen atoms in total. The number of aliphatic hydroxyl groups excluding tert-OH is 1. The zero-order chi connectivity index (χ0) is 13.1. The minimum Gasteiger partial charge on any atom is -0.396 e.